The van der Waals surface area contributed by atoms with Gasteiger partial charge in [-0.2, -0.15) is 0 Å². The number of rotatable bonds is 9. The topological polar surface area (TPSA) is 27.0 Å². The van der Waals surface area contributed by atoms with Crippen molar-refractivity contribution in [2.24, 2.45) is 0 Å². The summed E-state index contributed by atoms with van der Waals surface area (Å²) in [5, 5.41) is 13.0. The van der Waals surface area contributed by atoms with E-state index in [1.165, 1.54) is 43.6 Å². The van der Waals surface area contributed by atoms with Crippen LogP contribution in [0.3, 0.4) is 0 Å². The molecule has 0 saturated carbocycles. The zero-order chi connectivity index (χ0) is 29.9. The molecule has 2 nitrogen and oxygen atoms in total. The van der Waals surface area contributed by atoms with Crippen LogP contribution in [-0.2, 0) is 38.7 Å². The van der Waals surface area contributed by atoms with Crippen molar-refractivity contribution in [1.82, 2.24) is 4.98 Å². The van der Waals surface area contributed by atoms with Crippen LogP contribution in [-0.4, -0.2) is 4.98 Å². The molecule has 46 heavy (non-hydrogen) atoms. The van der Waals surface area contributed by atoms with Gasteiger partial charge in [-0.05, 0) is 57.8 Å². The standard InChI is InChI=1S/C42H36N2.CH3.Hf/c1-3-14-30-19-11-20-31(15-4-2)41(30)44-42(38-28-32-17-6-8-22-34(32)35-23-9-10-24-36(35)38)40-27-13-26-39(43-40)37-25-12-18-29-16-5-7-21-33(29)37;;/h5-13,16-24,26-28,42H,3-4,14-15H2,1-2H3;1H3;/q-2;-1;. The molecule has 6 aromatic carbocycles. The molecule has 0 aliphatic rings. The first-order valence-electron chi connectivity index (χ1n) is 15.8. The van der Waals surface area contributed by atoms with E-state index in [1.807, 2.05) is 6.07 Å². The van der Waals surface area contributed by atoms with Gasteiger partial charge in [0, 0.05) is 31.5 Å². The van der Waals surface area contributed by atoms with Crippen LogP contribution in [0.2, 0.25) is 0 Å². The third-order valence-corrected chi connectivity index (χ3v) is 8.62. The van der Waals surface area contributed by atoms with Crippen molar-refractivity contribution in [3.63, 3.8) is 0 Å². The van der Waals surface area contributed by atoms with Crippen LogP contribution < -0.4 is 0 Å². The second-order valence-electron chi connectivity index (χ2n) is 11.6. The van der Waals surface area contributed by atoms with E-state index in [0.717, 1.165) is 53.7 Å². The Morgan fingerprint density at radius 1 is 0.630 bits per heavy atom. The summed E-state index contributed by atoms with van der Waals surface area (Å²) in [6.45, 7) is 4.49. The summed E-state index contributed by atoms with van der Waals surface area (Å²) in [6.07, 6.45) is 4.15. The fourth-order valence-corrected chi connectivity index (χ4v) is 6.60. The average molecular weight is 762 g/mol. The third kappa shape index (κ3) is 6.44. The number of hydrogen-bond donors (Lipinski definition) is 0. The zero-order valence-electron chi connectivity index (χ0n) is 26.9. The maximum Gasteiger partial charge on any atom is 0.0196 e. The molecule has 1 unspecified atom stereocenters. The Morgan fingerprint density at radius 3 is 1.96 bits per heavy atom. The summed E-state index contributed by atoms with van der Waals surface area (Å²) in [6, 6.07) is 48.7. The molecule has 0 aliphatic carbocycles. The quantitative estimate of drug-likeness (QED) is 0.0817. The van der Waals surface area contributed by atoms with Gasteiger partial charge in [-0.1, -0.05) is 152 Å². The molecule has 0 radical (unpaired) electrons. The Labute approximate surface area is 292 Å². The van der Waals surface area contributed by atoms with Crippen LogP contribution in [0.25, 0.3) is 48.9 Å². The van der Waals surface area contributed by atoms with Crippen LogP contribution in [0.5, 0.6) is 0 Å². The maximum absolute atomic E-state index is 5.72. The molecule has 0 fully saturated rings. The minimum Gasteiger partial charge on any atom is -0.673 e. The largest absolute Gasteiger partial charge is 0.673 e. The normalized spacial score (nSPS) is 11.6. The predicted octanol–water partition coefficient (Wildman–Crippen LogP) is 12.2. The molecule has 0 spiro atoms. The van der Waals surface area contributed by atoms with Crippen LogP contribution in [0.1, 0.15) is 55.1 Å². The summed E-state index contributed by atoms with van der Waals surface area (Å²) in [5.74, 6) is 0. The van der Waals surface area contributed by atoms with Gasteiger partial charge in [0.05, 0.1) is 0 Å². The van der Waals surface area contributed by atoms with Gasteiger partial charge in [-0.3, -0.25) is 0 Å². The Balaban J connectivity index is 0.00000208. The summed E-state index contributed by atoms with van der Waals surface area (Å²) in [5.41, 5.74) is 7.81. The third-order valence-electron chi connectivity index (χ3n) is 8.62. The Morgan fingerprint density at radius 2 is 1.24 bits per heavy atom. The second kappa shape index (κ2) is 15.0. The SMILES string of the molecule is CCCc1cccc(CCC)c1[N-]C(c1cccc(-c2[c-]ccc3ccccc23)n1)c1cc2ccccc2c2ccccc12.[CH3-].[Hf]. The molecule has 1 aromatic heterocycles. The van der Waals surface area contributed by atoms with E-state index >= 15 is 0 Å². The van der Waals surface area contributed by atoms with Gasteiger partial charge < -0.3 is 17.7 Å². The smallest absolute Gasteiger partial charge is 0.0196 e. The monoisotopic (exact) mass is 763 g/mol. The van der Waals surface area contributed by atoms with Crippen molar-refractivity contribution in [2.75, 3.05) is 0 Å². The molecule has 0 N–H and O–H groups in total. The fourth-order valence-electron chi connectivity index (χ4n) is 6.60. The Hall–Kier alpha value is -4.08. The van der Waals surface area contributed by atoms with Crippen molar-refractivity contribution >= 4 is 38.0 Å². The van der Waals surface area contributed by atoms with E-state index in [1.54, 1.807) is 0 Å². The van der Waals surface area contributed by atoms with Gasteiger partial charge in [0.15, 0.2) is 0 Å². The van der Waals surface area contributed by atoms with Gasteiger partial charge in [0.2, 0.25) is 0 Å². The molecule has 7 rings (SSSR count). The molecule has 7 aromatic rings. The van der Waals surface area contributed by atoms with E-state index in [0.29, 0.717) is 0 Å². The number of aryl methyl sites for hydroxylation is 2. The average Bonchev–Trinajstić information content (AvgIpc) is 3.08. The summed E-state index contributed by atoms with van der Waals surface area (Å²) in [4.78, 5) is 5.38. The molecule has 228 valence electrons. The van der Waals surface area contributed by atoms with Crippen LogP contribution >= 0.6 is 0 Å². The number of fused-ring (bicyclic) bond motifs is 4. The molecule has 0 aliphatic heterocycles. The van der Waals surface area contributed by atoms with E-state index in [2.05, 4.69) is 141 Å². The van der Waals surface area contributed by atoms with Crippen LogP contribution in [0, 0.1) is 13.5 Å². The minimum atomic E-state index is -0.284. The predicted molar refractivity (Wildman–Crippen MR) is 193 cm³/mol. The number of aromatic nitrogens is 1. The first-order chi connectivity index (χ1) is 21.7. The minimum absolute atomic E-state index is 0. The number of para-hydroxylation sites is 1. The van der Waals surface area contributed by atoms with Crippen LogP contribution in [0.4, 0.5) is 5.69 Å². The fraction of sp³-hybridized carbons (Fsp3) is 0.163. The Bertz CT molecular complexity index is 2070. The van der Waals surface area contributed by atoms with Crippen molar-refractivity contribution < 1.29 is 25.8 Å². The molecule has 1 atom stereocenters. The van der Waals surface area contributed by atoms with Gasteiger partial charge in [-0.25, -0.2) is 0 Å². The van der Waals surface area contributed by atoms with Crippen molar-refractivity contribution in [2.45, 2.75) is 45.6 Å². The molecule has 0 amide bonds. The van der Waals surface area contributed by atoms with E-state index in [-0.39, 0.29) is 39.3 Å². The summed E-state index contributed by atoms with van der Waals surface area (Å²) < 4.78 is 0. The van der Waals surface area contributed by atoms with Gasteiger partial charge in [0.1, 0.15) is 0 Å². The first-order valence-corrected chi connectivity index (χ1v) is 15.8. The number of hydrogen-bond acceptors (Lipinski definition) is 1. The molecule has 0 saturated heterocycles. The second-order valence-corrected chi connectivity index (χ2v) is 11.6. The van der Waals surface area contributed by atoms with E-state index < -0.39 is 0 Å². The van der Waals surface area contributed by atoms with Gasteiger partial charge >= 0.3 is 0 Å². The van der Waals surface area contributed by atoms with Crippen LogP contribution in [0.15, 0.2) is 127 Å². The van der Waals surface area contributed by atoms with Crippen molar-refractivity contribution in [3.8, 4) is 11.3 Å². The molecule has 0 bridgehead atoms. The maximum atomic E-state index is 5.72. The first kappa shape index (κ1) is 33.3. The molecule has 1 heterocycles. The van der Waals surface area contributed by atoms with Gasteiger partial charge in [0.25, 0.3) is 0 Å². The number of nitrogens with zero attached hydrogens (tertiary/aromatic N) is 2. The number of pyridine rings is 1. The van der Waals surface area contributed by atoms with E-state index in [4.69, 9.17) is 10.3 Å². The number of benzene rings is 6. The van der Waals surface area contributed by atoms with Crippen molar-refractivity contribution in [1.29, 1.82) is 0 Å². The molecular formula is C43H39HfN2-3. The summed E-state index contributed by atoms with van der Waals surface area (Å²) >= 11 is 0. The van der Waals surface area contributed by atoms with Gasteiger partial charge in [-0.15, -0.1) is 34.8 Å². The summed E-state index contributed by atoms with van der Waals surface area (Å²) in [7, 11) is 0. The van der Waals surface area contributed by atoms with E-state index in [9.17, 15) is 0 Å². The zero-order valence-corrected chi connectivity index (χ0v) is 30.5. The van der Waals surface area contributed by atoms with Crippen molar-refractivity contribution in [3.05, 3.63) is 169 Å². The Kier molecular flexibility index (Phi) is 10.9. The molecule has 3 heteroatoms. The molecular weight excluding hydrogens is 723 g/mol.